The number of para-hydroxylation sites is 2. The summed E-state index contributed by atoms with van der Waals surface area (Å²) < 4.78 is 0. The molecule has 2 spiro atoms. The lowest BCUT2D eigenvalue weighted by molar-refractivity contribution is -0.123. The van der Waals surface area contributed by atoms with E-state index >= 15 is 0 Å². The molecule has 5 rings (SSSR count). The highest BCUT2D eigenvalue weighted by molar-refractivity contribution is 6.25. The number of anilines is 2. The standard InChI is InChI=1S/C19H10N4O2/c20-9-17(10-21)18(11-5-1-3-7-13(11)22-15(18)24)19(17)12-6-2-4-8-14(12)23-16(19)25/h1-8H,(H,22,24)(H,23,25)/t18-,19-/m1/s1. The van der Waals surface area contributed by atoms with Crippen molar-refractivity contribution in [2.24, 2.45) is 5.41 Å². The summed E-state index contributed by atoms with van der Waals surface area (Å²) >= 11 is 0. The van der Waals surface area contributed by atoms with E-state index in [-0.39, 0.29) is 0 Å². The highest BCUT2D eigenvalue weighted by Crippen LogP contribution is 2.82. The Bertz CT molecular complexity index is 1010. The van der Waals surface area contributed by atoms with Crippen molar-refractivity contribution in [2.75, 3.05) is 10.6 Å². The Morgan fingerprint density at radius 2 is 1.12 bits per heavy atom. The summed E-state index contributed by atoms with van der Waals surface area (Å²) in [6, 6.07) is 17.9. The molecule has 0 saturated heterocycles. The second-order valence-corrected chi connectivity index (χ2v) is 6.47. The van der Waals surface area contributed by atoms with Gasteiger partial charge in [-0.15, -0.1) is 0 Å². The van der Waals surface area contributed by atoms with Gasteiger partial charge in [0.2, 0.25) is 11.8 Å². The number of carbonyl (C=O) groups is 2. The van der Waals surface area contributed by atoms with Crippen LogP contribution >= 0.6 is 0 Å². The molecule has 0 bridgehead atoms. The van der Waals surface area contributed by atoms with Crippen LogP contribution in [0.15, 0.2) is 48.5 Å². The number of nitriles is 2. The first-order valence-corrected chi connectivity index (χ1v) is 7.76. The number of hydrogen-bond donors (Lipinski definition) is 2. The van der Waals surface area contributed by atoms with Crippen molar-refractivity contribution in [1.29, 1.82) is 10.5 Å². The van der Waals surface area contributed by atoms with Crippen molar-refractivity contribution in [1.82, 2.24) is 0 Å². The normalized spacial score (nSPS) is 29.4. The second-order valence-electron chi connectivity index (χ2n) is 6.47. The van der Waals surface area contributed by atoms with Crippen LogP contribution in [0.1, 0.15) is 11.1 Å². The van der Waals surface area contributed by atoms with Crippen LogP contribution < -0.4 is 10.6 Å². The zero-order chi connectivity index (χ0) is 17.4. The zero-order valence-electron chi connectivity index (χ0n) is 12.8. The molecule has 2 atom stereocenters. The molecule has 118 valence electrons. The molecule has 2 N–H and O–H groups in total. The summed E-state index contributed by atoms with van der Waals surface area (Å²) in [6.45, 7) is 0. The van der Waals surface area contributed by atoms with Crippen LogP contribution in [0.4, 0.5) is 11.4 Å². The SMILES string of the molecule is N#CC1(C#N)[C@@]2(C(=O)Nc3ccccc32)[C@]12C(=O)Nc1ccccc12. The second kappa shape index (κ2) is 3.88. The first-order chi connectivity index (χ1) is 12.1. The molecule has 2 aliphatic heterocycles. The highest BCUT2D eigenvalue weighted by Gasteiger charge is 2.99. The van der Waals surface area contributed by atoms with E-state index in [1.807, 2.05) is 12.1 Å². The number of nitrogens with one attached hydrogen (secondary N) is 2. The lowest BCUT2D eigenvalue weighted by Gasteiger charge is -2.13. The molecular formula is C19H10N4O2. The molecule has 1 aliphatic carbocycles. The van der Waals surface area contributed by atoms with Crippen LogP contribution in [0.25, 0.3) is 0 Å². The predicted molar refractivity (Wildman–Crippen MR) is 87.2 cm³/mol. The molecule has 2 aromatic rings. The van der Waals surface area contributed by atoms with E-state index in [9.17, 15) is 20.1 Å². The average Bonchev–Trinajstić information content (AvgIpc) is 2.88. The molecular weight excluding hydrogens is 316 g/mol. The van der Waals surface area contributed by atoms with E-state index in [1.165, 1.54) is 0 Å². The molecule has 0 aromatic heterocycles. The number of rotatable bonds is 0. The third-order valence-electron chi connectivity index (χ3n) is 5.80. The number of benzene rings is 2. The predicted octanol–water partition coefficient (Wildman–Crippen LogP) is 1.81. The molecule has 25 heavy (non-hydrogen) atoms. The number of fused-ring (bicyclic) bond motifs is 5. The molecule has 2 amide bonds. The molecule has 1 fully saturated rings. The van der Waals surface area contributed by atoms with E-state index in [4.69, 9.17) is 0 Å². The Morgan fingerprint density at radius 1 is 0.720 bits per heavy atom. The minimum Gasteiger partial charge on any atom is -0.325 e. The third-order valence-corrected chi connectivity index (χ3v) is 5.80. The summed E-state index contributed by atoms with van der Waals surface area (Å²) in [5.74, 6) is -0.965. The molecule has 0 radical (unpaired) electrons. The minimum atomic E-state index is -1.80. The average molecular weight is 326 g/mol. The zero-order valence-corrected chi connectivity index (χ0v) is 12.8. The largest absolute Gasteiger partial charge is 0.325 e. The maximum Gasteiger partial charge on any atom is 0.239 e. The van der Waals surface area contributed by atoms with Gasteiger partial charge < -0.3 is 10.6 Å². The lowest BCUT2D eigenvalue weighted by atomic mass is 9.83. The maximum atomic E-state index is 13.1. The number of amides is 2. The van der Waals surface area contributed by atoms with Crippen molar-refractivity contribution in [3.8, 4) is 12.1 Å². The van der Waals surface area contributed by atoms with Crippen LogP contribution in [0.5, 0.6) is 0 Å². The Labute approximate surface area is 142 Å². The van der Waals surface area contributed by atoms with Crippen LogP contribution in [-0.4, -0.2) is 11.8 Å². The molecule has 6 nitrogen and oxygen atoms in total. The number of hydrogen-bond acceptors (Lipinski definition) is 4. The third kappa shape index (κ3) is 1.04. The van der Waals surface area contributed by atoms with Gasteiger partial charge in [0, 0.05) is 11.4 Å². The fourth-order valence-electron chi connectivity index (χ4n) is 4.93. The van der Waals surface area contributed by atoms with Crippen LogP contribution in [0.3, 0.4) is 0 Å². The molecule has 3 aliphatic rings. The number of nitrogens with zero attached hydrogens (tertiary/aromatic N) is 2. The summed E-state index contributed by atoms with van der Waals surface area (Å²) in [6.07, 6.45) is 0. The van der Waals surface area contributed by atoms with E-state index in [1.54, 1.807) is 48.5 Å². The van der Waals surface area contributed by atoms with E-state index < -0.39 is 28.1 Å². The Morgan fingerprint density at radius 3 is 1.52 bits per heavy atom. The van der Waals surface area contributed by atoms with E-state index in [2.05, 4.69) is 10.6 Å². The summed E-state index contributed by atoms with van der Waals surface area (Å²) in [5.41, 5.74) is -2.77. The van der Waals surface area contributed by atoms with Crippen LogP contribution in [-0.2, 0) is 20.4 Å². The Hall–Kier alpha value is -3.64. The maximum absolute atomic E-state index is 13.1. The van der Waals surface area contributed by atoms with Crippen molar-refractivity contribution in [3.63, 3.8) is 0 Å². The minimum absolute atomic E-state index is 0.483. The fourth-order valence-corrected chi connectivity index (χ4v) is 4.93. The van der Waals surface area contributed by atoms with Gasteiger partial charge in [0.15, 0.2) is 5.41 Å². The van der Waals surface area contributed by atoms with Crippen molar-refractivity contribution < 1.29 is 9.59 Å². The van der Waals surface area contributed by atoms with Gasteiger partial charge in [-0.3, -0.25) is 9.59 Å². The van der Waals surface area contributed by atoms with Gasteiger partial charge in [0.1, 0.15) is 10.8 Å². The van der Waals surface area contributed by atoms with E-state index in [0.717, 1.165) is 0 Å². The van der Waals surface area contributed by atoms with Crippen molar-refractivity contribution >= 4 is 23.2 Å². The molecule has 0 unspecified atom stereocenters. The summed E-state index contributed by atoms with van der Waals surface area (Å²) in [5, 5.41) is 25.4. The highest BCUT2D eigenvalue weighted by atomic mass is 16.2. The van der Waals surface area contributed by atoms with Crippen molar-refractivity contribution in [3.05, 3.63) is 59.7 Å². The van der Waals surface area contributed by atoms with Gasteiger partial charge in [-0.05, 0) is 23.3 Å². The van der Waals surface area contributed by atoms with Crippen molar-refractivity contribution in [2.45, 2.75) is 10.8 Å². The molecule has 1 saturated carbocycles. The van der Waals surface area contributed by atoms with Gasteiger partial charge in [-0.2, -0.15) is 10.5 Å². The van der Waals surface area contributed by atoms with Gasteiger partial charge in [0.05, 0.1) is 12.1 Å². The van der Waals surface area contributed by atoms with Gasteiger partial charge in [0.25, 0.3) is 0 Å². The smallest absolute Gasteiger partial charge is 0.239 e. The molecule has 2 heterocycles. The monoisotopic (exact) mass is 326 g/mol. The first-order valence-electron chi connectivity index (χ1n) is 7.76. The lowest BCUT2D eigenvalue weighted by Crippen LogP contribution is -2.34. The quantitative estimate of drug-likeness (QED) is 0.770. The first kappa shape index (κ1) is 13.8. The summed E-state index contributed by atoms with van der Waals surface area (Å²) in [4.78, 5) is 26.1. The van der Waals surface area contributed by atoms with E-state index in [0.29, 0.717) is 22.5 Å². The summed E-state index contributed by atoms with van der Waals surface area (Å²) in [7, 11) is 0. The fraction of sp³-hybridized carbons (Fsp3) is 0.158. The molecule has 2 aromatic carbocycles. The Kier molecular flexibility index (Phi) is 2.14. The Balaban J connectivity index is 1.95. The topological polar surface area (TPSA) is 106 Å². The van der Waals surface area contributed by atoms with Crippen LogP contribution in [0, 0.1) is 28.1 Å². The number of carbonyl (C=O) groups excluding carboxylic acids is 2. The molecule has 6 heteroatoms. The van der Waals surface area contributed by atoms with Gasteiger partial charge >= 0.3 is 0 Å². The van der Waals surface area contributed by atoms with Gasteiger partial charge in [-0.25, -0.2) is 0 Å². The van der Waals surface area contributed by atoms with Crippen LogP contribution in [0.2, 0.25) is 0 Å². The van der Waals surface area contributed by atoms with Gasteiger partial charge in [-0.1, -0.05) is 36.4 Å².